The van der Waals surface area contributed by atoms with Crippen LogP contribution < -0.4 is 25.4 Å². The zero-order valence-corrected chi connectivity index (χ0v) is 20.1. The van der Waals surface area contributed by atoms with Crippen LogP contribution in [-0.4, -0.2) is 14.2 Å². The molecule has 152 valence electrons. The third-order valence-electron chi connectivity index (χ3n) is 4.93. The molecule has 0 heterocycles. The molecule has 0 bridgehead atoms. The van der Waals surface area contributed by atoms with Crippen molar-refractivity contribution in [1.82, 2.24) is 0 Å². The lowest BCUT2D eigenvalue weighted by Crippen LogP contribution is -2.27. The maximum absolute atomic E-state index is 15.0. The van der Waals surface area contributed by atoms with Crippen molar-refractivity contribution in [3.63, 3.8) is 0 Å². The standard InChI is InChI=1S/C24H26BrO3P/c1-15-7-16(2)10-20(9-15)29(26,21-11-17(3)8-18(4)12-21)23-14-19(27-5)13-22(28-6)24(23)25/h7-14H,1-6H3. The average molecular weight is 473 g/mol. The monoisotopic (exact) mass is 472 g/mol. The summed E-state index contributed by atoms with van der Waals surface area (Å²) in [6.07, 6.45) is 0. The van der Waals surface area contributed by atoms with E-state index in [2.05, 4.69) is 28.1 Å². The molecule has 0 aliphatic rings. The van der Waals surface area contributed by atoms with Crippen LogP contribution >= 0.6 is 23.1 Å². The first-order valence-electron chi connectivity index (χ1n) is 9.39. The molecule has 0 fully saturated rings. The number of hydrogen-bond donors (Lipinski definition) is 0. The van der Waals surface area contributed by atoms with E-state index >= 15 is 4.57 Å². The fourth-order valence-corrected chi connectivity index (χ4v) is 7.98. The van der Waals surface area contributed by atoms with Gasteiger partial charge in [-0.1, -0.05) is 34.4 Å². The van der Waals surface area contributed by atoms with Gasteiger partial charge in [-0.25, -0.2) is 0 Å². The van der Waals surface area contributed by atoms with Crippen molar-refractivity contribution in [2.24, 2.45) is 0 Å². The van der Waals surface area contributed by atoms with Crippen molar-refractivity contribution in [2.75, 3.05) is 14.2 Å². The molecule has 0 unspecified atom stereocenters. The molecular formula is C24H26BrO3P. The van der Waals surface area contributed by atoms with Gasteiger partial charge in [-0.2, -0.15) is 0 Å². The highest BCUT2D eigenvalue weighted by molar-refractivity contribution is 9.10. The molecule has 0 aromatic heterocycles. The SMILES string of the molecule is COc1cc(OC)c(Br)c(P(=O)(c2cc(C)cc(C)c2)c2cc(C)cc(C)c2)c1. The summed E-state index contributed by atoms with van der Waals surface area (Å²) in [5.74, 6) is 1.20. The summed E-state index contributed by atoms with van der Waals surface area (Å²) in [5, 5.41) is 2.27. The zero-order chi connectivity index (χ0) is 21.3. The van der Waals surface area contributed by atoms with Crippen molar-refractivity contribution in [1.29, 1.82) is 0 Å². The van der Waals surface area contributed by atoms with E-state index in [0.717, 1.165) is 32.9 Å². The summed E-state index contributed by atoms with van der Waals surface area (Å²) in [4.78, 5) is 0. The van der Waals surface area contributed by atoms with Crippen LogP contribution in [0.25, 0.3) is 0 Å². The highest BCUT2D eigenvalue weighted by Crippen LogP contribution is 2.48. The van der Waals surface area contributed by atoms with Gasteiger partial charge in [-0.3, -0.25) is 0 Å². The van der Waals surface area contributed by atoms with Crippen LogP contribution in [0.2, 0.25) is 0 Å². The largest absolute Gasteiger partial charge is 0.497 e. The molecule has 0 N–H and O–H groups in total. The average Bonchev–Trinajstić information content (AvgIpc) is 2.66. The zero-order valence-electron chi connectivity index (χ0n) is 17.7. The molecule has 29 heavy (non-hydrogen) atoms. The Morgan fingerprint density at radius 3 is 1.52 bits per heavy atom. The number of benzene rings is 3. The number of rotatable bonds is 5. The number of halogens is 1. The Hall–Kier alpha value is -2.03. The summed E-state index contributed by atoms with van der Waals surface area (Å²) < 4.78 is 26.8. The van der Waals surface area contributed by atoms with Gasteiger partial charge in [0.05, 0.1) is 18.7 Å². The first-order valence-corrected chi connectivity index (χ1v) is 11.9. The van der Waals surface area contributed by atoms with Crippen molar-refractivity contribution >= 4 is 39.0 Å². The first kappa shape index (κ1) is 21.7. The number of aryl methyl sites for hydroxylation is 4. The molecule has 0 aliphatic carbocycles. The quantitative estimate of drug-likeness (QED) is 0.470. The molecule has 0 atom stereocenters. The highest BCUT2D eigenvalue weighted by atomic mass is 79.9. The van der Waals surface area contributed by atoms with Gasteiger partial charge >= 0.3 is 0 Å². The van der Waals surface area contributed by atoms with E-state index in [0.29, 0.717) is 21.3 Å². The third kappa shape index (κ3) is 4.15. The Morgan fingerprint density at radius 1 is 0.690 bits per heavy atom. The smallest absolute Gasteiger partial charge is 0.172 e. The van der Waals surface area contributed by atoms with E-state index in [1.165, 1.54) is 0 Å². The van der Waals surface area contributed by atoms with Gasteiger partial charge in [-0.05, 0) is 74.0 Å². The number of hydrogen-bond acceptors (Lipinski definition) is 3. The maximum atomic E-state index is 15.0. The van der Waals surface area contributed by atoms with Gasteiger partial charge in [0.1, 0.15) is 11.5 Å². The van der Waals surface area contributed by atoms with E-state index in [1.807, 2.05) is 58.0 Å². The minimum atomic E-state index is -3.21. The molecule has 0 saturated carbocycles. The predicted octanol–water partition coefficient (Wildman–Crippen LogP) is 5.34. The van der Waals surface area contributed by atoms with Crippen LogP contribution in [0.1, 0.15) is 22.3 Å². The summed E-state index contributed by atoms with van der Waals surface area (Å²) in [5.41, 5.74) is 4.32. The maximum Gasteiger partial charge on any atom is 0.172 e. The van der Waals surface area contributed by atoms with Crippen LogP contribution in [-0.2, 0) is 4.57 Å². The van der Waals surface area contributed by atoms with Gasteiger partial charge < -0.3 is 14.0 Å². The lowest BCUT2D eigenvalue weighted by Gasteiger charge is -2.24. The Morgan fingerprint density at radius 2 is 1.14 bits per heavy atom. The molecule has 0 aliphatic heterocycles. The normalized spacial score (nSPS) is 11.4. The van der Waals surface area contributed by atoms with Crippen LogP contribution in [0.3, 0.4) is 0 Å². The second-order valence-corrected chi connectivity index (χ2v) is 11.0. The molecule has 0 radical (unpaired) electrons. The second kappa shape index (κ2) is 8.38. The van der Waals surface area contributed by atoms with Crippen molar-refractivity contribution < 1.29 is 14.0 Å². The van der Waals surface area contributed by atoms with Crippen LogP contribution in [0.5, 0.6) is 11.5 Å². The van der Waals surface area contributed by atoms with Gasteiger partial charge in [0, 0.05) is 22.0 Å². The summed E-state index contributed by atoms with van der Waals surface area (Å²) in [6, 6.07) is 15.9. The predicted molar refractivity (Wildman–Crippen MR) is 126 cm³/mol. The molecule has 3 nitrogen and oxygen atoms in total. The second-order valence-electron chi connectivity index (χ2n) is 7.46. The minimum absolute atomic E-state index is 0.591. The number of methoxy groups -OCH3 is 2. The van der Waals surface area contributed by atoms with E-state index < -0.39 is 7.14 Å². The molecule has 3 rings (SSSR count). The fraction of sp³-hybridized carbons (Fsp3) is 0.250. The van der Waals surface area contributed by atoms with Crippen molar-refractivity contribution in [2.45, 2.75) is 27.7 Å². The molecule has 0 saturated heterocycles. The van der Waals surface area contributed by atoms with Crippen LogP contribution in [0.4, 0.5) is 0 Å². The fourth-order valence-electron chi connectivity index (χ4n) is 3.75. The molecule has 5 heteroatoms. The molecule has 3 aromatic carbocycles. The summed E-state index contributed by atoms with van der Waals surface area (Å²) >= 11 is 3.66. The first-order chi connectivity index (χ1) is 13.7. The minimum Gasteiger partial charge on any atom is -0.497 e. The lowest BCUT2D eigenvalue weighted by atomic mass is 10.2. The topological polar surface area (TPSA) is 35.5 Å². The molecule has 0 amide bonds. The summed E-state index contributed by atoms with van der Waals surface area (Å²) in [6.45, 7) is 8.13. The van der Waals surface area contributed by atoms with E-state index in [4.69, 9.17) is 9.47 Å². The Labute approximate surface area is 181 Å². The van der Waals surface area contributed by atoms with Crippen LogP contribution in [0.15, 0.2) is 53.0 Å². The summed E-state index contributed by atoms with van der Waals surface area (Å²) in [7, 11) is -0.00768. The highest BCUT2D eigenvalue weighted by Gasteiger charge is 2.34. The Bertz CT molecular complexity index is 1030. The van der Waals surface area contributed by atoms with E-state index in [9.17, 15) is 0 Å². The lowest BCUT2D eigenvalue weighted by molar-refractivity contribution is 0.393. The molecule has 3 aromatic rings. The van der Waals surface area contributed by atoms with Crippen molar-refractivity contribution in [3.05, 3.63) is 75.3 Å². The van der Waals surface area contributed by atoms with Gasteiger partial charge in [0.2, 0.25) is 0 Å². The van der Waals surface area contributed by atoms with Gasteiger partial charge in [-0.15, -0.1) is 0 Å². The Balaban J connectivity index is 2.46. The van der Waals surface area contributed by atoms with E-state index in [-0.39, 0.29) is 0 Å². The van der Waals surface area contributed by atoms with Crippen molar-refractivity contribution in [3.8, 4) is 11.5 Å². The van der Waals surface area contributed by atoms with E-state index in [1.54, 1.807) is 20.3 Å². The van der Waals surface area contributed by atoms with Gasteiger partial charge in [0.15, 0.2) is 7.14 Å². The third-order valence-corrected chi connectivity index (χ3v) is 9.05. The van der Waals surface area contributed by atoms with Gasteiger partial charge in [0.25, 0.3) is 0 Å². The molecular weight excluding hydrogens is 447 g/mol. The molecule has 0 spiro atoms. The Kier molecular flexibility index (Phi) is 6.26. The number of ether oxygens (including phenoxy) is 2. The van der Waals surface area contributed by atoms with Crippen LogP contribution in [0, 0.1) is 27.7 Å².